The fourth-order valence-corrected chi connectivity index (χ4v) is 4.25. The number of carbonyl (C=O) groups excluding carboxylic acids is 1. The van der Waals surface area contributed by atoms with Crippen LogP contribution >= 0.6 is 23.2 Å². The Morgan fingerprint density at radius 1 is 0.861 bits per heavy atom. The molecule has 8 nitrogen and oxygen atoms in total. The smallest absolute Gasteiger partial charge is 0.270 e. The third-order valence-electron chi connectivity index (χ3n) is 5.46. The van der Waals surface area contributed by atoms with Gasteiger partial charge in [0.25, 0.3) is 5.69 Å². The average molecular weight is 518 g/mol. The standard InChI is InChI=1S/C26H17Cl2N5O3/c27-19-13-14-24(22(28)16-19)32-30-26(18-9-6-10-20(15-18)33(35)36)29-31(32)23-12-5-4-11-21(23)25(34)17-7-2-1-3-8-17/h1-16H,(H,29,30). The number of ketones is 1. The molecule has 4 aromatic rings. The highest BCUT2D eigenvalue weighted by Crippen LogP contribution is 2.35. The summed E-state index contributed by atoms with van der Waals surface area (Å²) in [7, 11) is 0. The molecule has 1 heterocycles. The Balaban J connectivity index is 1.64. The number of amidine groups is 1. The monoisotopic (exact) mass is 517 g/mol. The number of para-hydroxylation sites is 1. The second-order valence-corrected chi connectivity index (χ2v) is 8.62. The van der Waals surface area contributed by atoms with Crippen LogP contribution < -0.4 is 15.7 Å². The van der Waals surface area contributed by atoms with Gasteiger partial charge in [0, 0.05) is 28.3 Å². The van der Waals surface area contributed by atoms with Crippen molar-refractivity contribution in [3.05, 3.63) is 134 Å². The molecule has 0 atom stereocenters. The number of anilines is 2. The van der Waals surface area contributed by atoms with Crippen molar-refractivity contribution in [3.8, 4) is 0 Å². The summed E-state index contributed by atoms with van der Waals surface area (Å²) in [6, 6.07) is 27.0. The van der Waals surface area contributed by atoms with Crippen molar-refractivity contribution in [1.82, 2.24) is 5.43 Å². The van der Waals surface area contributed by atoms with E-state index >= 15 is 0 Å². The number of nitrogens with zero attached hydrogens (tertiary/aromatic N) is 4. The lowest BCUT2D eigenvalue weighted by atomic mass is 10.0. The van der Waals surface area contributed by atoms with Gasteiger partial charge in [-0.1, -0.05) is 77.8 Å². The molecular formula is C26H17Cl2N5O3. The summed E-state index contributed by atoms with van der Waals surface area (Å²) in [5, 5.41) is 19.9. The van der Waals surface area contributed by atoms with Crippen LogP contribution in [0.15, 0.2) is 102 Å². The quantitative estimate of drug-likeness (QED) is 0.185. The summed E-state index contributed by atoms with van der Waals surface area (Å²) < 4.78 is 0. The van der Waals surface area contributed by atoms with Gasteiger partial charge in [0.2, 0.25) is 0 Å². The van der Waals surface area contributed by atoms with Gasteiger partial charge in [-0.25, -0.2) is 0 Å². The summed E-state index contributed by atoms with van der Waals surface area (Å²) in [5.74, 6) is 0.138. The van der Waals surface area contributed by atoms with E-state index in [2.05, 4.69) is 10.5 Å². The first-order chi connectivity index (χ1) is 17.4. The van der Waals surface area contributed by atoms with E-state index in [1.54, 1.807) is 84.0 Å². The molecule has 5 rings (SSSR count). The highest BCUT2D eigenvalue weighted by Gasteiger charge is 2.31. The minimum Gasteiger partial charge on any atom is -0.289 e. The summed E-state index contributed by atoms with van der Waals surface area (Å²) in [6.07, 6.45) is 0. The van der Waals surface area contributed by atoms with Crippen molar-refractivity contribution in [2.45, 2.75) is 0 Å². The molecule has 36 heavy (non-hydrogen) atoms. The van der Waals surface area contributed by atoms with Crippen LogP contribution in [0.4, 0.5) is 17.1 Å². The number of nitrogens with one attached hydrogen (secondary N) is 1. The number of non-ortho nitro benzene ring substituents is 1. The molecule has 1 aliphatic heterocycles. The van der Waals surface area contributed by atoms with Crippen LogP contribution in [0.1, 0.15) is 21.5 Å². The van der Waals surface area contributed by atoms with E-state index in [0.717, 1.165) is 0 Å². The molecule has 1 aliphatic rings. The van der Waals surface area contributed by atoms with Gasteiger partial charge in [-0.3, -0.25) is 20.3 Å². The largest absolute Gasteiger partial charge is 0.289 e. The Kier molecular flexibility index (Phi) is 6.28. The first-order valence-electron chi connectivity index (χ1n) is 10.8. The van der Waals surface area contributed by atoms with Gasteiger partial charge in [-0.05, 0) is 30.3 Å². The van der Waals surface area contributed by atoms with Gasteiger partial charge in [-0.15, -0.1) is 10.2 Å². The zero-order valence-electron chi connectivity index (χ0n) is 18.5. The third-order valence-corrected chi connectivity index (χ3v) is 6.00. The number of nitro benzene ring substituents is 1. The maximum absolute atomic E-state index is 13.4. The van der Waals surface area contributed by atoms with Gasteiger partial charge in [0.15, 0.2) is 11.6 Å². The number of nitro groups is 1. The summed E-state index contributed by atoms with van der Waals surface area (Å²) in [4.78, 5) is 24.3. The number of hydrogen-bond donors (Lipinski definition) is 1. The molecule has 1 N–H and O–H groups in total. The van der Waals surface area contributed by atoms with E-state index in [0.29, 0.717) is 43.9 Å². The fraction of sp³-hybridized carbons (Fsp3) is 0. The fourth-order valence-electron chi connectivity index (χ4n) is 3.76. The highest BCUT2D eigenvalue weighted by atomic mass is 35.5. The van der Waals surface area contributed by atoms with Crippen LogP contribution in [0.3, 0.4) is 0 Å². The van der Waals surface area contributed by atoms with Crippen molar-refractivity contribution < 1.29 is 9.72 Å². The van der Waals surface area contributed by atoms with E-state index in [-0.39, 0.29) is 11.5 Å². The first kappa shape index (κ1) is 23.3. The summed E-state index contributed by atoms with van der Waals surface area (Å²) in [6.45, 7) is 0. The van der Waals surface area contributed by atoms with Crippen LogP contribution in [0, 0.1) is 10.1 Å². The molecule has 4 aromatic carbocycles. The number of carbonyl (C=O) groups is 1. The number of benzene rings is 4. The van der Waals surface area contributed by atoms with Gasteiger partial charge in [0.05, 0.1) is 21.2 Å². The van der Waals surface area contributed by atoms with Crippen molar-refractivity contribution in [3.63, 3.8) is 0 Å². The van der Waals surface area contributed by atoms with Gasteiger partial charge in [-0.2, -0.15) is 5.12 Å². The van der Waals surface area contributed by atoms with Crippen molar-refractivity contribution in [2.75, 3.05) is 10.2 Å². The van der Waals surface area contributed by atoms with Crippen LogP contribution in [-0.2, 0) is 0 Å². The number of hydrazine groups is 2. The maximum Gasteiger partial charge on any atom is 0.270 e. The normalized spacial score (nSPS) is 12.8. The van der Waals surface area contributed by atoms with Crippen LogP contribution in [0.25, 0.3) is 0 Å². The zero-order chi connectivity index (χ0) is 25.2. The van der Waals surface area contributed by atoms with Crippen LogP contribution in [-0.4, -0.2) is 16.5 Å². The zero-order valence-corrected chi connectivity index (χ0v) is 20.0. The predicted molar refractivity (Wildman–Crippen MR) is 141 cm³/mol. The highest BCUT2D eigenvalue weighted by molar-refractivity contribution is 6.36. The number of rotatable bonds is 6. The molecule has 0 saturated carbocycles. The molecule has 0 bridgehead atoms. The molecular weight excluding hydrogens is 501 g/mol. The predicted octanol–water partition coefficient (Wildman–Crippen LogP) is 6.24. The molecule has 0 spiro atoms. The molecule has 0 aromatic heterocycles. The Bertz CT molecular complexity index is 1510. The van der Waals surface area contributed by atoms with Gasteiger partial charge >= 0.3 is 0 Å². The SMILES string of the molecule is O=C(c1ccccc1)c1ccccc1N1N=C(c2cccc([N+](=O)[O-])c2)NN1c1ccc(Cl)cc1Cl. The lowest BCUT2D eigenvalue weighted by Crippen LogP contribution is -2.45. The minimum absolute atomic E-state index is 0.0776. The van der Waals surface area contributed by atoms with E-state index in [4.69, 9.17) is 23.2 Å². The van der Waals surface area contributed by atoms with E-state index < -0.39 is 4.92 Å². The minimum atomic E-state index is -0.474. The van der Waals surface area contributed by atoms with Crippen LogP contribution in [0.5, 0.6) is 0 Å². The molecule has 0 saturated heterocycles. The summed E-state index contributed by atoms with van der Waals surface area (Å²) >= 11 is 12.6. The van der Waals surface area contributed by atoms with Gasteiger partial charge < -0.3 is 0 Å². The van der Waals surface area contributed by atoms with Crippen molar-refractivity contribution in [2.24, 2.45) is 5.10 Å². The Labute approximate surface area is 216 Å². The number of hydrogen-bond acceptors (Lipinski definition) is 7. The first-order valence-corrected chi connectivity index (χ1v) is 11.5. The molecule has 0 unspecified atom stereocenters. The lowest BCUT2D eigenvalue weighted by molar-refractivity contribution is -0.384. The Morgan fingerprint density at radius 2 is 1.61 bits per heavy atom. The molecule has 178 valence electrons. The van der Waals surface area contributed by atoms with E-state index in [9.17, 15) is 14.9 Å². The van der Waals surface area contributed by atoms with Crippen LogP contribution in [0.2, 0.25) is 10.0 Å². The van der Waals surface area contributed by atoms with E-state index in [1.807, 2.05) is 6.07 Å². The Morgan fingerprint density at radius 3 is 2.36 bits per heavy atom. The topological polar surface area (TPSA) is 91.1 Å². The van der Waals surface area contributed by atoms with Gasteiger partial charge in [0.1, 0.15) is 5.69 Å². The van der Waals surface area contributed by atoms with Crippen molar-refractivity contribution >= 4 is 51.9 Å². The second kappa shape index (κ2) is 9.69. The molecule has 10 heteroatoms. The lowest BCUT2D eigenvalue weighted by Gasteiger charge is -2.29. The molecule has 0 fully saturated rings. The molecule has 0 aliphatic carbocycles. The molecule has 0 amide bonds. The maximum atomic E-state index is 13.4. The average Bonchev–Trinajstić information content (AvgIpc) is 3.34. The van der Waals surface area contributed by atoms with E-state index in [1.165, 1.54) is 17.3 Å². The third kappa shape index (κ3) is 4.47. The Hall–Kier alpha value is -4.40. The number of hydrazone groups is 1. The van der Waals surface area contributed by atoms with Crippen molar-refractivity contribution in [1.29, 1.82) is 0 Å². The second-order valence-electron chi connectivity index (χ2n) is 7.78. The molecule has 0 radical (unpaired) electrons. The number of halogens is 2. The summed E-state index contributed by atoms with van der Waals surface area (Å²) in [5.41, 5.74) is 5.47.